The van der Waals surface area contributed by atoms with Crippen LogP contribution in [-0.4, -0.2) is 34.6 Å². The summed E-state index contributed by atoms with van der Waals surface area (Å²) in [6.07, 6.45) is 1.19. The molecule has 2 amide bonds. The average Bonchev–Trinajstić information content (AvgIpc) is 2.87. The van der Waals surface area contributed by atoms with Gasteiger partial charge in [-0.05, 0) is 56.0 Å². The number of hydrogen-bond donors (Lipinski definition) is 1. The Morgan fingerprint density at radius 3 is 2.19 bits per heavy atom. The standard InChI is InChI=1S/C31H37FN2O2S/c1-5-24(4)33-31(36)29(18-25-9-7-6-8-10-25)34(19-26-11-13-28(32)14-12-26)30(35)21-37-20-27-16-22(2)15-23(3)17-27/h6-17,24,29H,5,18-21H2,1-4H3,(H,33,36)/t24-,29-/m1/s1. The number of hydrogen-bond acceptors (Lipinski definition) is 3. The van der Waals surface area contributed by atoms with Gasteiger partial charge in [0.05, 0.1) is 5.75 Å². The minimum atomic E-state index is -0.684. The summed E-state index contributed by atoms with van der Waals surface area (Å²) in [6, 6.07) is 21.6. The first-order chi connectivity index (χ1) is 17.7. The van der Waals surface area contributed by atoms with Crippen molar-refractivity contribution in [3.05, 3.63) is 106 Å². The van der Waals surface area contributed by atoms with E-state index in [1.54, 1.807) is 28.8 Å². The largest absolute Gasteiger partial charge is 0.352 e. The maximum Gasteiger partial charge on any atom is 0.243 e. The van der Waals surface area contributed by atoms with Crippen molar-refractivity contribution in [1.82, 2.24) is 10.2 Å². The van der Waals surface area contributed by atoms with E-state index >= 15 is 0 Å². The fourth-order valence-corrected chi connectivity index (χ4v) is 5.12. The molecule has 0 radical (unpaired) electrons. The number of halogens is 1. The van der Waals surface area contributed by atoms with Crippen LogP contribution in [0.1, 0.15) is 48.1 Å². The lowest BCUT2D eigenvalue weighted by molar-refractivity contribution is -0.139. The Kier molecular flexibility index (Phi) is 10.8. The van der Waals surface area contributed by atoms with E-state index in [0.717, 1.165) is 17.5 Å². The molecule has 0 spiro atoms. The molecule has 3 aromatic rings. The molecule has 0 saturated heterocycles. The zero-order chi connectivity index (χ0) is 26.8. The Morgan fingerprint density at radius 1 is 0.919 bits per heavy atom. The molecule has 0 saturated carbocycles. The maximum absolute atomic E-state index is 13.7. The minimum absolute atomic E-state index is 0.00696. The van der Waals surface area contributed by atoms with Crippen LogP contribution in [0, 0.1) is 19.7 Å². The van der Waals surface area contributed by atoms with Crippen LogP contribution in [0.5, 0.6) is 0 Å². The van der Waals surface area contributed by atoms with Crippen LogP contribution >= 0.6 is 11.8 Å². The smallest absolute Gasteiger partial charge is 0.243 e. The quantitative estimate of drug-likeness (QED) is 0.308. The summed E-state index contributed by atoms with van der Waals surface area (Å²) in [4.78, 5) is 28.8. The summed E-state index contributed by atoms with van der Waals surface area (Å²) in [5.74, 6) is 0.338. The number of benzene rings is 3. The van der Waals surface area contributed by atoms with Gasteiger partial charge in [-0.15, -0.1) is 11.8 Å². The van der Waals surface area contributed by atoms with Gasteiger partial charge < -0.3 is 10.2 Å². The topological polar surface area (TPSA) is 49.4 Å². The number of thioether (sulfide) groups is 1. The molecule has 0 bridgehead atoms. The van der Waals surface area contributed by atoms with Crippen LogP contribution in [0.3, 0.4) is 0 Å². The van der Waals surface area contributed by atoms with Crippen molar-refractivity contribution in [2.75, 3.05) is 5.75 Å². The molecule has 0 aliphatic carbocycles. The highest BCUT2D eigenvalue weighted by molar-refractivity contribution is 7.99. The van der Waals surface area contributed by atoms with E-state index < -0.39 is 6.04 Å². The van der Waals surface area contributed by atoms with Crippen molar-refractivity contribution in [2.24, 2.45) is 0 Å². The maximum atomic E-state index is 13.7. The molecular formula is C31H37FN2O2S. The number of nitrogens with zero attached hydrogens (tertiary/aromatic N) is 1. The number of rotatable bonds is 12. The van der Waals surface area contributed by atoms with Gasteiger partial charge in [-0.3, -0.25) is 9.59 Å². The molecule has 3 aromatic carbocycles. The fourth-order valence-electron chi connectivity index (χ4n) is 4.27. The van der Waals surface area contributed by atoms with Gasteiger partial charge >= 0.3 is 0 Å². The Hall–Kier alpha value is -3.12. The Morgan fingerprint density at radius 2 is 1.57 bits per heavy atom. The third kappa shape index (κ3) is 9.04. The van der Waals surface area contributed by atoms with Crippen molar-refractivity contribution in [3.8, 4) is 0 Å². The van der Waals surface area contributed by atoms with Gasteiger partial charge in [0.15, 0.2) is 0 Å². The molecule has 0 fully saturated rings. The predicted octanol–water partition coefficient (Wildman–Crippen LogP) is 6.23. The van der Waals surface area contributed by atoms with Crippen LogP contribution in [-0.2, 0) is 28.3 Å². The van der Waals surface area contributed by atoms with Gasteiger partial charge in [-0.25, -0.2) is 4.39 Å². The fraction of sp³-hybridized carbons (Fsp3) is 0.355. The molecule has 0 aromatic heterocycles. The molecule has 0 aliphatic rings. The highest BCUT2D eigenvalue weighted by Crippen LogP contribution is 2.20. The van der Waals surface area contributed by atoms with E-state index in [0.29, 0.717) is 12.2 Å². The van der Waals surface area contributed by atoms with Crippen molar-refractivity contribution in [1.29, 1.82) is 0 Å². The highest BCUT2D eigenvalue weighted by Gasteiger charge is 2.30. The second kappa shape index (κ2) is 14.0. The predicted molar refractivity (Wildman–Crippen MR) is 151 cm³/mol. The zero-order valence-corrected chi connectivity index (χ0v) is 23.0. The zero-order valence-electron chi connectivity index (χ0n) is 22.2. The van der Waals surface area contributed by atoms with Gasteiger partial charge in [0.25, 0.3) is 0 Å². The minimum Gasteiger partial charge on any atom is -0.352 e. The summed E-state index contributed by atoms with van der Waals surface area (Å²) in [5.41, 5.74) is 5.33. The monoisotopic (exact) mass is 520 g/mol. The molecule has 6 heteroatoms. The van der Waals surface area contributed by atoms with Gasteiger partial charge in [0, 0.05) is 24.8 Å². The van der Waals surface area contributed by atoms with Crippen molar-refractivity contribution < 1.29 is 14.0 Å². The molecule has 2 atom stereocenters. The van der Waals surface area contributed by atoms with E-state index in [4.69, 9.17) is 0 Å². The van der Waals surface area contributed by atoms with Crippen molar-refractivity contribution in [3.63, 3.8) is 0 Å². The first kappa shape index (κ1) is 28.5. The molecule has 0 aliphatic heterocycles. The van der Waals surface area contributed by atoms with Crippen molar-refractivity contribution >= 4 is 23.6 Å². The third-order valence-corrected chi connectivity index (χ3v) is 7.30. The van der Waals surface area contributed by atoms with Gasteiger partial charge in [-0.2, -0.15) is 0 Å². The molecule has 1 N–H and O–H groups in total. The number of carbonyl (C=O) groups is 2. The molecule has 0 heterocycles. The second-order valence-corrected chi connectivity index (χ2v) is 10.6. The Bertz CT molecular complexity index is 1150. The number of aryl methyl sites for hydroxylation is 2. The van der Waals surface area contributed by atoms with Gasteiger partial charge in [0.1, 0.15) is 11.9 Å². The Balaban J connectivity index is 1.85. The summed E-state index contributed by atoms with van der Waals surface area (Å²) < 4.78 is 13.6. The third-order valence-electron chi connectivity index (χ3n) is 6.31. The first-order valence-electron chi connectivity index (χ1n) is 12.8. The normalized spacial score (nSPS) is 12.6. The van der Waals surface area contributed by atoms with Crippen molar-refractivity contribution in [2.45, 2.75) is 64.9 Å². The summed E-state index contributed by atoms with van der Waals surface area (Å²) in [5, 5.41) is 3.07. The van der Waals surface area contributed by atoms with E-state index in [9.17, 15) is 14.0 Å². The average molecular weight is 521 g/mol. The number of amides is 2. The highest BCUT2D eigenvalue weighted by atomic mass is 32.2. The molecule has 37 heavy (non-hydrogen) atoms. The van der Waals surface area contributed by atoms with Gasteiger partial charge in [-0.1, -0.05) is 78.7 Å². The first-order valence-corrected chi connectivity index (χ1v) is 13.9. The van der Waals surface area contributed by atoms with E-state index in [2.05, 4.69) is 37.4 Å². The van der Waals surface area contributed by atoms with E-state index in [1.165, 1.54) is 28.8 Å². The molecule has 3 rings (SSSR count). The molecule has 0 unspecified atom stereocenters. The summed E-state index contributed by atoms with van der Waals surface area (Å²) in [6.45, 7) is 8.35. The number of carbonyl (C=O) groups excluding carboxylic acids is 2. The Labute approximate surface area is 224 Å². The van der Waals surface area contributed by atoms with Crippen LogP contribution in [0.4, 0.5) is 4.39 Å². The summed E-state index contributed by atoms with van der Waals surface area (Å²) >= 11 is 1.54. The van der Waals surface area contributed by atoms with Crippen LogP contribution in [0.15, 0.2) is 72.8 Å². The SMILES string of the molecule is CC[C@@H](C)NC(=O)[C@@H](Cc1ccccc1)N(Cc1ccc(F)cc1)C(=O)CSCc1cc(C)cc(C)c1. The molecule has 196 valence electrons. The van der Waals surface area contributed by atoms with Crippen LogP contribution in [0.25, 0.3) is 0 Å². The van der Waals surface area contributed by atoms with Crippen LogP contribution < -0.4 is 5.32 Å². The summed E-state index contributed by atoms with van der Waals surface area (Å²) in [7, 11) is 0. The van der Waals surface area contributed by atoms with Crippen LogP contribution in [0.2, 0.25) is 0 Å². The molecule has 4 nitrogen and oxygen atoms in total. The number of nitrogens with one attached hydrogen (secondary N) is 1. The van der Waals surface area contributed by atoms with Gasteiger partial charge in [0.2, 0.25) is 11.8 Å². The van der Waals surface area contributed by atoms with E-state index in [-0.39, 0.29) is 36.0 Å². The second-order valence-electron chi connectivity index (χ2n) is 9.66. The molecular weight excluding hydrogens is 483 g/mol. The van der Waals surface area contributed by atoms with E-state index in [1.807, 2.05) is 44.2 Å². The lowest BCUT2D eigenvalue weighted by atomic mass is 10.0. The lowest BCUT2D eigenvalue weighted by Crippen LogP contribution is -2.52. The lowest BCUT2D eigenvalue weighted by Gasteiger charge is -2.32.